The number of carbonyl (C=O) groups is 2. The van der Waals surface area contributed by atoms with E-state index in [1.807, 2.05) is 0 Å². The number of hydrogen-bond acceptors (Lipinski definition) is 3. The molecule has 0 bridgehead atoms. The molecule has 0 radical (unpaired) electrons. The fourth-order valence-electron chi connectivity index (χ4n) is 1.42. The minimum absolute atomic E-state index is 0.114. The second-order valence-corrected chi connectivity index (χ2v) is 3.18. The van der Waals surface area contributed by atoms with E-state index in [0.29, 0.717) is 19.4 Å². The Labute approximate surface area is 76.0 Å². The third kappa shape index (κ3) is 2.69. The van der Waals surface area contributed by atoms with E-state index < -0.39 is 11.9 Å². The monoisotopic (exact) mass is 187 g/mol. The zero-order valence-corrected chi connectivity index (χ0v) is 7.27. The molecule has 0 aromatic heterocycles. The molecular formula is C8H13NO4. The molecule has 13 heavy (non-hydrogen) atoms. The first-order valence-corrected chi connectivity index (χ1v) is 4.30. The van der Waals surface area contributed by atoms with E-state index in [1.54, 1.807) is 4.90 Å². The summed E-state index contributed by atoms with van der Waals surface area (Å²) in [4.78, 5) is 22.5. The van der Waals surface area contributed by atoms with Gasteiger partial charge in [0.1, 0.15) is 6.04 Å². The first-order chi connectivity index (χ1) is 6.11. The molecule has 74 valence electrons. The Kier molecular flexibility index (Phi) is 3.25. The highest BCUT2D eigenvalue weighted by Crippen LogP contribution is 2.17. The maximum atomic E-state index is 10.5. The highest BCUT2D eigenvalue weighted by Gasteiger charge is 2.33. The molecule has 5 heteroatoms. The molecule has 0 spiro atoms. The van der Waals surface area contributed by atoms with Crippen molar-refractivity contribution in [2.45, 2.75) is 25.3 Å². The molecule has 2 N–H and O–H groups in total. The lowest BCUT2D eigenvalue weighted by Gasteiger charge is -2.37. The predicted octanol–water partition coefficient (Wildman–Crippen LogP) is 0.0101. The zero-order valence-electron chi connectivity index (χ0n) is 7.27. The van der Waals surface area contributed by atoms with Gasteiger partial charge in [-0.3, -0.25) is 14.5 Å². The van der Waals surface area contributed by atoms with Crippen molar-refractivity contribution in [3.05, 3.63) is 0 Å². The third-order valence-corrected chi connectivity index (χ3v) is 2.25. The van der Waals surface area contributed by atoms with Crippen molar-refractivity contribution in [1.29, 1.82) is 0 Å². The smallest absolute Gasteiger partial charge is 0.320 e. The predicted molar refractivity (Wildman–Crippen MR) is 44.5 cm³/mol. The van der Waals surface area contributed by atoms with E-state index in [0.717, 1.165) is 6.54 Å². The van der Waals surface area contributed by atoms with Gasteiger partial charge in [-0.1, -0.05) is 0 Å². The molecule has 1 aliphatic heterocycles. The van der Waals surface area contributed by atoms with Crippen molar-refractivity contribution >= 4 is 11.9 Å². The van der Waals surface area contributed by atoms with Crippen molar-refractivity contribution in [2.24, 2.45) is 0 Å². The number of hydrogen-bond donors (Lipinski definition) is 2. The van der Waals surface area contributed by atoms with Crippen molar-refractivity contribution in [3.63, 3.8) is 0 Å². The maximum Gasteiger partial charge on any atom is 0.320 e. The second-order valence-electron chi connectivity index (χ2n) is 3.18. The normalized spacial score (nSPS) is 22.3. The van der Waals surface area contributed by atoms with Crippen molar-refractivity contribution in [3.8, 4) is 0 Å². The van der Waals surface area contributed by atoms with Gasteiger partial charge in [-0.25, -0.2) is 0 Å². The molecule has 1 rings (SSSR count). The summed E-state index contributed by atoms with van der Waals surface area (Å²) < 4.78 is 0. The van der Waals surface area contributed by atoms with Crippen LogP contribution in [0.1, 0.15) is 19.3 Å². The van der Waals surface area contributed by atoms with Gasteiger partial charge in [0.05, 0.1) is 0 Å². The standard InChI is InChI=1S/C8H13NO4/c10-7(11)2-1-4-9-5-3-6(9)8(12)13/h6H,1-5H2,(H,10,11)(H,12,13). The summed E-state index contributed by atoms with van der Waals surface area (Å²) in [5.41, 5.74) is 0. The fourth-order valence-corrected chi connectivity index (χ4v) is 1.42. The minimum Gasteiger partial charge on any atom is -0.481 e. The van der Waals surface area contributed by atoms with Crippen LogP contribution in [0.25, 0.3) is 0 Å². The topological polar surface area (TPSA) is 77.8 Å². The molecule has 1 unspecified atom stereocenters. The highest BCUT2D eigenvalue weighted by molar-refractivity contribution is 5.74. The summed E-state index contributed by atoms with van der Waals surface area (Å²) >= 11 is 0. The van der Waals surface area contributed by atoms with Gasteiger partial charge in [0.2, 0.25) is 0 Å². The van der Waals surface area contributed by atoms with E-state index in [1.165, 1.54) is 0 Å². The summed E-state index contributed by atoms with van der Waals surface area (Å²) in [6, 6.07) is -0.381. The molecule has 0 aromatic carbocycles. The van der Waals surface area contributed by atoms with Crippen LogP contribution in [0.2, 0.25) is 0 Å². The van der Waals surface area contributed by atoms with Gasteiger partial charge in [-0.2, -0.15) is 0 Å². The quantitative estimate of drug-likeness (QED) is 0.634. The maximum absolute atomic E-state index is 10.5. The largest absolute Gasteiger partial charge is 0.481 e. The molecule has 0 amide bonds. The Balaban J connectivity index is 2.15. The van der Waals surface area contributed by atoms with E-state index >= 15 is 0 Å². The lowest BCUT2D eigenvalue weighted by molar-refractivity contribution is -0.148. The molecule has 1 atom stereocenters. The van der Waals surface area contributed by atoms with Crippen LogP contribution >= 0.6 is 0 Å². The fraction of sp³-hybridized carbons (Fsp3) is 0.750. The molecule has 0 saturated carbocycles. The molecule has 0 aromatic rings. The Bertz CT molecular complexity index is 216. The summed E-state index contributed by atoms with van der Waals surface area (Å²) in [7, 11) is 0. The second kappa shape index (κ2) is 4.23. The van der Waals surface area contributed by atoms with Crippen LogP contribution in [0.4, 0.5) is 0 Å². The molecule has 1 saturated heterocycles. The van der Waals surface area contributed by atoms with E-state index in [-0.39, 0.29) is 12.5 Å². The van der Waals surface area contributed by atoms with Gasteiger partial charge >= 0.3 is 11.9 Å². The van der Waals surface area contributed by atoms with Crippen LogP contribution in [0, 0.1) is 0 Å². The summed E-state index contributed by atoms with van der Waals surface area (Å²) in [5.74, 6) is -1.63. The number of carboxylic acid groups (broad SMARTS) is 2. The van der Waals surface area contributed by atoms with Crippen LogP contribution in [-0.4, -0.2) is 46.2 Å². The molecule has 1 fully saturated rings. The average Bonchev–Trinajstić information content (AvgIpc) is 1.93. The van der Waals surface area contributed by atoms with Crippen LogP contribution in [-0.2, 0) is 9.59 Å². The number of likely N-dealkylation sites (tertiary alicyclic amines) is 1. The zero-order chi connectivity index (χ0) is 9.84. The van der Waals surface area contributed by atoms with Gasteiger partial charge in [-0.05, 0) is 19.4 Å². The first kappa shape index (κ1) is 9.98. The Morgan fingerprint density at radius 3 is 2.46 bits per heavy atom. The van der Waals surface area contributed by atoms with Crippen LogP contribution in [0.3, 0.4) is 0 Å². The summed E-state index contributed by atoms with van der Waals surface area (Å²) in [6.45, 7) is 1.35. The van der Waals surface area contributed by atoms with Crippen molar-refractivity contribution in [1.82, 2.24) is 4.90 Å². The van der Waals surface area contributed by atoms with Crippen LogP contribution in [0.5, 0.6) is 0 Å². The van der Waals surface area contributed by atoms with E-state index in [2.05, 4.69) is 0 Å². The average molecular weight is 187 g/mol. The molecule has 1 aliphatic rings. The van der Waals surface area contributed by atoms with E-state index in [9.17, 15) is 9.59 Å². The van der Waals surface area contributed by atoms with Gasteiger partial charge in [-0.15, -0.1) is 0 Å². The van der Waals surface area contributed by atoms with Crippen LogP contribution < -0.4 is 0 Å². The summed E-state index contributed by atoms with van der Waals surface area (Å²) in [5, 5.41) is 17.0. The molecule has 0 aliphatic carbocycles. The van der Waals surface area contributed by atoms with E-state index in [4.69, 9.17) is 10.2 Å². The molecular weight excluding hydrogens is 174 g/mol. The highest BCUT2D eigenvalue weighted by atomic mass is 16.4. The van der Waals surface area contributed by atoms with Crippen molar-refractivity contribution < 1.29 is 19.8 Å². The number of carboxylic acids is 2. The molecule has 5 nitrogen and oxygen atoms in total. The molecule has 1 heterocycles. The van der Waals surface area contributed by atoms with Gasteiger partial charge in [0, 0.05) is 13.0 Å². The Morgan fingerprint density at radius 1 is 1.38 bits per heavy atom. The summed E-state index contributed by atoms with van der Waals surface area (Å²) in [6.07, 6.45) is 1.32. The lowest BCUT2D eigenvalue weighted by atomic mass is 10.0. The van der Waals surface area contributed by atoms with Gasteiger partial charge in [0.25, 0.3) is 0 Å². The Morgan fingerprint density at radius 2 is 2.08 bits per heavy atom. The number of rotatable bonds is 5. The third-order valence-electron chi connectivity index (χ3n) is 2.25. The van der Waals surface area contributed by atoms with Crippen molar-refractivity contribution in [2.75, 3.05) is 13.1 Å². The lowest BCUT2D eigenvalue weighted by Crippen LogP contribution is -2.52. The SMILES string of the molecule is O=C(O)CCCN1CCC1C(=O)O. The minimum atomic E-state index is -0.826. The number of aliphatic carboxylic acids is 2. The number of nitrogens with zero attached hydrogens (tertiary/aromatic N) is 1. The van der Waals surface area contributed by atoms with Gasteiger partial charge < -0.3 is 10.2 Å². The van der Waals surface area contributed by atoms with Crippen LogP contribution in [0.15, 0.2) is 0 Å². The Hall–Kier alpha value is -1.10. The first-order valence-electron chi connectivity index (χ1n) is 4.30. The van der Waals surface area contributed by atoms with Gasteiger partial charge in [0.15, 0.2) is 0 Å².